The predicted molar refractivity (Wildman–Crippen MR) is 94.9 cm³/mol. The van der Waals surface area contributed by atoms with Gasteiger partial charge in [0.1, 0.15) is 8.07 Å². The Hall–Kier alpha value is -0.238. The van der Waals surface area contributed by atoms with Gasteiger partial charge in [0.05, 0.1) is 11.2 Å². The largest absolute Gasteiger partial charge is 0.550 e. The summed E-state index contributed by atoms with van der Waals surface area (Å²) in [6, 6.07) is 0. The molecule has 0 aromatic carbocycles. The van der Waals surface area contributed by atoms with E-state index in [1.807, 2.05) is 0 Å². The van der Waals surface area contributed by atoms with E-state index in [0.29, 0.717) is 16.6 Å². The SMILES string of the molecule is CC(C)[Si](C#CB1OC(C)(C)C(C)(C)O1)(C(C)C)C(C)C. The molecule has 1 fully saturated rings. The number of hydrogen-bond acceptors (Lipinski definition) is 2. The zero-order valence-corrected chi connectivity index (χ0v) is 16.6. The molecule has 0 bridgehead atoms. The lowest BCUT2D eigenvalue weighted by Gasteiger charge is -2.38. The molecule has 1 saturated heterocycles. The van der Waals surface area contributed by atoms with E-state index in [-0.39, 0.29) is 11.2 Å². The van der Waals surface area contributed by atoms with Crippen LogP contribution in [0.1, 0.15) is 69.2 Å². The van der Waals surface area contributed by atoms with Crippen molar-refractivity contribution in [3.05, 3.63) is 0 Å². The maximum Gasteiger partial charge on any atom is 0.550 e. The second kappa shape index (κ2) is 6.10. The summed E-state index contributed by atoms with van der Waals surface area (Å²) < 4.78 is 12.1. The first kappa shape index (κ1) is 18.8. The summed E-state index contributed by atoms with van der Waals surface area (Å²) in [6.07, 6.45) is 0. The Morgan fingerprint density at radius 3 is 1.38 bits per heavy atom. The molecule has 1 rings (SSSR count). The fourth-order valence-electron chi connectivity index (χ4n) is 3.52. The van der Waals surface area contributed by atoms with Crippen LogP contribution in [0.15, 0.2) is 0 Å². The van der Waals surface area contributed by atoms with Gasteiger partial charge in [-0.2, -0.15) is 0 Å². The van der Waals surface area contributed by atoms with Crippen LogP contribution in [0.5, 0.6) is 0 Å². The fraction of sp³-hybridized carbons (Fsp3) is 0.882. The van der Waals surface area contributed by atoms with E-state index in [9.17, 15) is 0 Å². The molecule has 120 valence electrons. The van der Waals surface area contributed by atoms with Gasteiger partial charge in [0, 0.05) is 0 Å². The molecule has 21 heavy (non-hydrogen) atoms. The van der Waals surface area contributed by atoms with Gasteiger partial charge in [-0.15, -0.1) is 5.54 Å². The molecule has 2 nitrogen and oxygen atoms in total. The van der Waals surface area contributed by atoms with Crippen LogP contribution in [0.3, 0.4) is 0 Å². The lowest BCUT2D eigenvalue weighted by Crippen LogP contribution is -2.43. The van der Waals surface area contributed by atoms with Gasteiger partial charge in [-0.1, -0.05) is 47.4 Å². The Labute approximate surface area is 133 Å². The fourth-order valence-corrected chi connectivity index (χ4v) is 8.75. The summed E-state index contributed by atoms with van der Waals surface area (Å²) in [6.45, 7) is 22.3. The first-order valence-electron chi connectivity index (χ1n) is 8.25. The van der Waals surface area contributed by atoms with Crippen molar-refractivity contribution in [1.29, 1.82) is 0 Å². The van der Waals surface area contributed by atoms with Crippen LogP contribution in [0, 0.1) is 11.4 Å². The normalized spacial score (nSPS) is 21.1. The van der Waals surface area contributed by atoms with E-state index >= 15 is 0 Å². The van der Waals surface area contributed by atoms with Crippen LogP contribution in [-0.4, -0.2) is 26.4 Å². The second-order valence-corrected chi connectivity index (χ2v) is 13.8. The summed E-state index contributed by atoms with van der Waals surface area (Å²) in [5.41, 5.74) is 4.98. The molecular weight excluding hydrogens is 275 g/mol. The van der Waals surface area contributed by atoms with Crippen molar-refractivity contribution >= 4 is 15.2 Å². The minimum absolute atomic E-state index is 0.302. The third kappa shape index (κ3) is 3.41. The summed E-state index contributed by atoms with van der Waals surface area (Å²) in [7, 11) is -2.10. The highest BCUT2D eigenvalue weighted by molar-refractivity contribution is 6.91. The molecular formula is C17H33BO2Si. The van der Waals surface area contributed by atoms with Crippen molar-refractivity contribution in [2.24, 2.45) is 0 Å². The van der Waals surface area contributed by atoms with Gasteiger partial charge in [-0.25, -0.2) is 0 Å². The van der Waals surface area contributed by atoms with Crippen LogP contribution in [-0.2, 0) is 9.31 Å². The maximum atomic E-state index is 6.03. The van der Waals surface area contributed by atoms with Gasteiger partial charge < -0.3 is 9.31 Å². The molecule has 0 amide bonds. The van der Waals surface area contributed by atoms with E-state index in [1.165, 1.54) is 0 Å². The summed E-state index contributed by atoms with van der Waals surface area (Å²) in [5.74, 6) is 3.35. The number of hydrogen-bond donors (Lipinski definition) is 0. The molecule has 0 radical (unpaired) electrons. The van der Waals surface area contributed by atoms with Crippen molar-refractivity contribution in [1.82, 2.24) is 0 Å². The molecule has 4 heteroatoms. The molecule has 0 aromatic heterocycles. The van der Waals surface area contributed by atoms with Crippen molar-refractivity contribution in [2.75, 3.05) is 0 Å². The molecule has 0 atom stereocenters. The maximum absolute atomic E-state index is 6.03. The highest BCUT2D eigenvalue weighted by Gasteiger charge is 2.51. The molecule has 0 N–H and O–H groups in total. The monoisotopic (exact) mass is 308 g/mol. The molecule has 0 unspecified atom stereocenters. The third-order valence-electron chi connectivity index (χ3n) is 5.53. The van der Waals surface area contributed by atoms with E-state index in [4.69, 9.17) is 9.31 Å². The molecule has 1 heterocycles. The van der Waals surface area contributed by atoms with Crippen LogP contribution >= 0.6 is 0 Å². The van der Waals surface area contributed by atoms with Gasteiger partial charge in [-0.3, -0.25) is 0 Å². The van der Waals surface area contributed by atoms with Crippen LogP contribution < -0.4 is 0 Å². The van der Waals surface area contributed by atoms with E-state index in [1.54, 1.807) is 0 Å². The van der Waals surface area contributed by atoms with Gasteiger partial charge in [-0.05, 0) is 44.3 Å². The Kier molecular flexibility index (Phi) is 5.47. The minimum atomic E-state index is -1.71. The molecule has 1 aliphatic rings. The van der Waals surface area contributed by atoms with Gasteiger partial charge >= 0.3 is 7.12 Å². The predicted octanol–water partition coefficient (Wildman–Crippen LogP) is 4.84. The highest BCUT2D eigenvalue weighted by Crippen LogP contribution is 2.41. The topological polar surface area (TPSA) is 18.5 Å². The average Bonchev–Trinajstić information content (AvgIpc) is 2.46. The van der Waals surface area contributed by atoms with Crippen molar-refractivity contribution in [3.63, 3.8) is 0 Å². The van der Waals surface area contributed by atoms with Gasteiger partial charge in [0.25, 0.3) is 0 Å². The first-order chi connectivity index (χ1) is 9.37. The smallest absolute Gasteiger partial charge is 0.392 e. The molecule has 0 aliphatic carbocycles. The lowest BCUT2D eigenvalue weighted by atomic mass is 9.90. The molecule has 0 saturated carbocycles. The van der Waals surface area contributed by atoms with Crippen LogP contribution in [0.4, 0.5) is 0 Å². The Morgan fingerprint density at radius 1 is 0.762 bits per heavy atom. The second-order valence-electron chi connectivity index (χ2n) is 8.25. The van der Waals surface area contributed by atoms with Gasteiger partial charge in [0.2, 0.25) is 0 Å². The minimum Gasteiger partial charge on any atom is -0.392 e. The standard InChI is InChI=1S/C17H33BO2Si/c1-13(2)21(14(3)4,15(5)6)12-11-18-19-16(7,8)17(9,10)20-18/h13-15H,1-10H3. The quantitative estimate of drug-likeness (QED) is 0.548. The first-order valence-corrected chi connectivity index (χ1v) is 10.5. The van der Waals surface area contributed by atoms with E-state index in [0.717, 1.165) is 0 Å². The Balaban J connectivity index is 3.09. The van der Waals surface area contributed by atoms with Crippen molar-refractivity contribution in [3.8, 4) is 11.4 Å². The van der Waals surface area contributed by atoms with Crippen LogP contribution in [0.2, 0.25) is 16.6 Å². The zero-order chi connectivity index (χ0) is 16.6. The average molecular weight is 308 g/mol. The summed E-state index contributed by atoms with van der Waals surface area (Å²) in [4.78, 5) is 0. The van der Waals surface area contributed by atoms with Crippen molar-refractivity contribution < 1.29 is 9.31 Å². The summed E-state index contributed by atoms with van der Waals surface area (Å²) in [5, 5.41) is 0. The lowest BCUT2D eigenvalue weighted by molar-refractivity contribution is 0.00578. The zero-order valence-electron chi connectivity index (χ0n) is 15.6. The molecule has 0 spiro atoms. The highest BCUT2D eigenvalue weighted by atomic mass is 28.3. The third-order valence-corrected chi connectivity index (χ3v) is 11.8. The van der Waals surface area contributed by atoms with E-state index in [2.05, 4.69) is 80.6 Å². The van der Waals surface area contributed by atoms with Crippen LogP contribution in [0.25, 0.3) is 0 Å². The summed E-state index contributed by atoms with van der Waals surface area (Å²) >= 11 is 0. The Morgan fingerprint density at radius 2 is 1.10 bits per heavy atom. The molecule has 0 aromatic rings. The Bertz CT molecular complexity index is 392. The van der Waals surface area contributed by atoms with Gasteiger partial charge in [0.15, 0.2) is 0 Å². The van der Waals surface area contributed by atoms with Crippen molar-refractivity contribution in [2.45, 2.75) is 97.1 Å². The molecule has 1 aliphatic heterocycles. The number of rotatable bonds is 3. The van der Waals surface area contributed by atoms with E-state index < -0.39 is 15.2 Å².